The topological polar surface area (TPSA) is 22.1 Å². The molecule has 0 saturated carbocycles. The van der Waals surface area contributed by atoms with Crippen molar-refractivity contribution in [2.24, 2.45) is 0 Å². The lowest BCUT2D eigenvalue weighted by Gasteiger charge is -2.10. The van der Waals surface area contributed by atoms with Crippen molar-refractivity contribution in [3.05, 3.63) is 36.0 Å². The second-order valence-corrected chi connectivity index (χ2v) is 3.60. The minimum absolute atomic E-state index is 0.0654. The first-order chi connectivity index (χ1) is 8.65. The highest BCUT2D eigenvalue weighted by atomic mass is 19.4. The monoisotopic (exact) mass is 281 g/mol. The second-order valence-electron chi connectivity index (χ2n) is 3.60. The molecule has 0 aliphatic carbocycles. The van der Waals surface area contributed by atoms with Crippen molar-refractivity contribution in [3.63, 3.8) is 0 Å². The largest absolute Gasteiger partial charge is 0.573 e. The minimum atomic E-state index is -4.85. The van der Waals surface area contributed by atoms with Gasteiger partial charge in [-0.2, -0.15) is 13.2 Å². The Morgan fingerprint density at radius 1 is 0.895 bits per heavy atom. The molecule has 0 aliphatic heterocycles. The number of alkyl halides is 6. The van der Waals surface area contributed by atoms with Crippen molar-refractivity contribution in [3.8, 4) is 5.75 Å². The molecule has 0 unspecified atom stereocenters. The van der Waals surface area contributed by atoms with Crippen LogP contribution in [0.1, 0.15) is 5.69 Å². The van der Waals surface area contributed by atoms with Crippen LogP contribution in [-0.2, 0) is 6.18 Å². The number of rotatable bonds is 1. The SMILES string of the molecule is FC(F)(F)Oc1ccc2nc(C(F)(F)F)ccc2c1. The summed E-state index contributed by atoms with van der Waals surface area (Å²) in [6, 6.07) is 4.64. The first-order valence-corrected chi connectivity index (χ1v) is 4.89. The summed E-state index contributed by atoms with van der Waals surface area (Å²) in [5, 5.41) is 0.120. The molecule has 0 amide bonds. The van der Waals surface area contributed by atoms with Gasteiger partial charge < -0.3 is 4.74 Å². The predicted molar refractivity (Wildman–Crippen MR) is 53.4 cm³/mol. The Bertz CT molecular complexity index is 604. The number of benzene rings is 1. The van der Waals surface area contributed by atoms with E-state index in [1.165, 1.54) is 0 Å². The van der Waals surface area contributed by atoms with Gasteiger partial charge in [0.25, 0.3) is 0 Å². The van der Waals surface area contributed by atoms with E-state index in [2.05, 4.69) is 9.72 Å². The summed E-state index contributed by atoms with van der Waals surface area (Å²) in [5.74, 6) is -0.512. The van der Waals surface area contributed by atoms with E-state index in [1.807, 2.05) is 0 Å². The van der Waals surface area contributed by atoms with Gasteiger partial charge in [0.05, 0.1) is 5.52 Å². The molecule has 2 rings (SSSR count). The Kier molecular flexibility index (Phi) is 3.03. The third-order valence-electron chi connectivity index (χ3n) is 2.18. The molecule has 2 nitrogen and oxygen atoms in total. The van der Waals surface area contributed by atoms with Crippen molar-refractivity contribution in [1.29, 1.82) is 0 Å². The molecule has 0 N–H and O–H groups in total. The van der Waals surface area contributed by atoms with Crippen LogP contribution in [0.5, 0.6) is 5.75 Å². The van der Waals surface area contributed by atoms with Crippen LogP contribution in [0.15, 0.2) is 30.3 Å². The standard InChI is InChI=1S/C11H5F6NO/c12-10(13,14)9-4-1-6-5-7(19-11(15,16)17)2-3-8(6)18-9/h1-5H. The molecule has 1 aromatic carbocycles. The molecule has 0 aliphatic rings. The van der Waals surface area contributed by atoms with Gasteiger partial charge in [-0.3, -0.25) is 0 Å². The number of nitrogens with zero attached hydrogens (tertiary/aromatic N) is 1. The maximum Gasteiger partial charge on any atom is 0.573 e. The highest BCUT2D eigenvalue weighted by Gasteiger charge is 2.33. The summed E-state index contributed by atoms with van der Waals surface area (Å²) in [6.45, 7) is 0. The molecular weight excluding hydrogens is 276 g/mol. The zero-order chi connectivity index (χ0) is 14.3. The molecule has 19 heavy (non-hydrogen) atoms. The van der Waals surface area contributed by atoms with E-state index >= 15 is 0 Å². The van der Waals surface area contributed by atoms with Gasteiger partial charge in [-0.1, -0.05) is 6.07 Å². The third-order valence-corrected chi connectivity index (χ3v) is 2.18. The number of halogens is 6. The maximum atomic E-state index is 12.4. The molecule has 0 atom stereocenters. The fourth-order valence-electron chi connectivity index (χ4n) is 1.46. The van der Waals surface area contributed by atoms with Crippen LogP contribution in [0.3, 0.4) is 0 Å². The van der Waals surface area contributed by atoms with Gasteiger partial charge in [-0.05, 0) is 24.3 Å². The van der Waals surface area contributed by atoms with Crippen LogP contribution in [0.4, 0.5) is 26.3 Å². The molecule has 8 heteroatoms. The lowest BCUT2D eigenvalue weighted by molar-refractivity contribution is -0.274. The third kappa shape index (κ3) is 3.27. The van der Waals surface area contributed by atoms with Crippen LogP contribution in [0, 0.1) is 0 Å². The molecule has 102 valence electrons. The summed E-state index contributed by atoms with van der Waals surface area (Å²) >= 11 is 0. The van der Waals surface area contributed by atoms with Gasteiger partial charge in [0.2, 0.25) is 0 Å². The van der Waals surface area contributed by atoms with Crippen molar-refractivity contribution in [2.75, 3.05) is 0 Å². The van der Waals surface area contributed by atoms with Crippen LogP contribution in [-0.4, -0.2) is 11.3 Å². The zero-order valence-corrected chi connectivity index (χ0v) is 9.01. The highest BCUT2D eigenvalue weighted by molar-refractivity contribution is 5.80. The van der Waals surface area contributed by atoms with Crippen LogP contribution < -0.4 is 4.74 Å². The summed E-state index contributed by atoms with van der Waals surface area (Å²) in [4.78, 5) is 3.32. The lowest BCUT2D eigenvalue weighted by atomic mass is 10.2. The minimum Gasteiger partial charge on any atom is -0.406 e. The average molecular weight is 281 g/mol. The van der Waals surface area contributed by atoms with Crippen LogP contribution in [0.2, 0.25) is 0 Å². The smallest absolute Gasteiger partial charge is 0.406 e. The Balaban J connectivity index is 2.41. The number of aromatic nitrogens is 1. The second kappa shape index (κ2) is 4.29. The number of ether oxygens (including phenoxy) is 1. The summed E-state index contributed by atoms with van der Waals surface area (Å²) in [7, 11) is 0. The maximum absolute atomic E-state index is 12.4. The normalized spacial score (nSPS) is 12.7. The van der Waals surface area contributed by atoms with E-state index in [1.54, 1.807) is 0 Å². The van der Waals surface area contributed by atoms with Crippen molar-refractivity contribution < 1.29 is 31.1 Å². The van der Waals surface area contributed by atoms with E-state index in [9.17, 15) is 26.3 Å². The molecule has 0 bridgehead atoms. The van der Waals surface area contributed by atoms with Gasteiger partial charge in [0.1, 0.15) is 11.4 Å². The number of pyridine rings is 1. The van der Waals surface area contributed by atoms with Gasteiger partial charge in [0, 0.05) is 5.39 Å². The lowest BCUT2D eigenvalue weighted by Crippen LogP contribution is -2.17. The molecule has 1 aromatic heterocycles. The number of fused-ring (bicyclic) bond motifs is 1. The molecular formula is C11H5F6NO. The van der Waals surface area contributed by atoms with E-state index < -0.39 is 24.0 Å². The molecule has 0 saturated heterocycles. The van der Waals surface area contributed by atoms with Gasteiger partial charge >= 0.3 is 12.5 Å². The highest BCUT2D eigenvalue weighted by Crippen LogP contribution is 2.30. The van der Waals surface area contributed by atoms with E-state index in [0.717, 1.165) is 24.3 Å². The number of hydrogen-bond acceptors (Lipinski definition) is 2. The average Bonchev–Trinajstić information content (AvgIpc) is 2.24. The Labute approximate surface area is 102 Å². The van der Waals surface area contributed by atoms with Crippen molar-refractivity contribution in [1.82, 2.24) is 4.98 Å². The molecule has 0 spiro atoms. The Morgan fingerprint density at radius 2 is 1.58 bits per heavy atom. The first-order valence-electron chi connectivity index (χ1n) is 4.89. The molecule has 0 fully saturated rings. The molecule has 0 radical (unpaired) electrons. The molecule has 2 aromatic rings. The van der Waals surface area contributed by atoms with Crippen LogP contribution >= 0.6 is 0 Å². The quantitative estimate of drug-likeness (QED) is 0.732. The van der Waals surface area contributed by atoms with Crippen molar-refractivity contribution in [2.45, 2.75) is 12.5 Å². The zero-order valence-electron chi connectivity index (χ0n) is 9.01. The summed E-state index contributed by atoms with van der Waals surface area (Å²) in [5.41, 5.74) is -1.17. The van der Waals surface area contributed by atoms with E-state index in [4.69, 9.17) is 0 Å². The van der Waals surface area contributed by atoms with E-state index in [0.29, 0.717) is 6.07 Å². The molecule has 1 heterocycles. The summed E-state index contributed by atoms with van der Waals surface area (Å²) < 4.78 is 76.7. The van der Waals surface area contributed by atoms with Gasteiger partial charge in [-0.15, -0.1) is 13.2 Å². The first kappa shape index (κ1) is 13.4. The van der Waals surface area contributed by atoms with E-state index in [-0.39, 0.29) is 10.9 Å². The van der Waals surface area contributed by atoms with Crippen LogP contribution in [0.25, 0.3) is 10.9 Å². The Morgan fingerprint density at radius 3 is 2.16 bits per heavy atom. The van der Waals surface area contributed by atoms with Gasteiger partial charge in [-0.25, -0.2) is 4.98 Å². The summed E-state index contributed by atoms with van der Waals surface area (Å²) in [6.07, 6.45) is -9.46. The fourth-order valence-corrected chi connectivity index (χ4v) is 1.46. The van der Waals surface area contributed by atoms with Crippen molar-refractivity contribution >= 4 is 10.9 Å². The fraction of sp³-hybridized carbons (Fsp3) is 0.182. The number of hydrogen-bond donors (Lipinski definition) is 0. The predicted octanol–water partition coefficient (Wildman–Crippen LogP) is 4.15. The Hall–Kier alpha value is -1.99. The van der Waals surface area contributed by atoms with Gasteiger partial charge in [0.15, 0.2) is 0 Å².